The highest BCUT2D eigenvalue weighted by Crippen LogP contribution is 2.24. The molecule has 0 spiro atoms. The predicted octanol–water partition coefficient (Wildman–Crippen LogP) is 6.38. The van der Waals surface area contributed by atoms with Crippen LogP contribution in [0.5, 0.6) is 0 Å². The van der Waals surface area contributed by atoms with Crippen LogP contribution in [0, 0.1) is 0 Å². The maximum atomic E-state index is 13.2. The van der Waals surface area contributed by atoms with Crippen molar-refractivity contribution in [3.63, 3.8) is 0 Å². The monoisotopic (exact) mass is 476 g/mol. The first kappa shape index (κ1) is 26.2. The molecule has 0 saturated heterocycles. The Labute approximate surface area is 202 Å². The summed E-state index contributed by atoms with van der Waals surface area (Å²) < 4.78 is 0. The maximum absolute atomic E-state index is 13.2. The van der Waals surface area contributed by atoms with E-state index in [1.54, 1.807) is 24.0 Å². The number of carbonyl (C=O) groups excluding carboxylic acids is 2. The number of nitrogens with zero attached hydrogens (tertiary/aromatic N) is 1. The van der Waals surface area contributed by atoms with Crippen molar-refractivity contribution in [3.05, 3.63) is 69.2 Å². The summed E-state index contributed by atoms with van der Waals surface area (Å²) >= 11 is 12.2. The lowest BCUT2D eigenvalue weighted by molar-refractivity contribution is -0.141. The van der Waals surface area contributed by atoms with E-state index in [4.69, 9.17) is 23.2 Å². The molecule has 1 atom stereocenters. The van der Waals surface area contributed by atoms with Gasteiger partial charge in [-0.3, -0.25) is 9.59 Å². The molecule has 0 aliphatic heterocycles. The maximum Gasteiger partial charge on any atom is 0.242 e. The minimum atomic E-state index is -0.625. The van der Waals surface area contributed by atoms with E-state index in [0.717, 1.165) is 11.1 Å². The van der Waals surface area contributed by atoms with E-state index in [1.807, 2.05) is 26.8 Å². The van der Waals surface area contributed by atoms with Gasteiger partial charge in [0, 0.05) is 18.5 Å². The SMILES string of the molecule is CC(C)c1ccc(CCC(=O)N(Cc2ccc(Cl)c(Cl)c2)[C@@H](C)C(=O)NC(C)(C)C)cc1. The molecule has 0 aliphatic rings. The molecule has 4 nitrogen and oxygen atoms in total. The van der Waals surface area contributed by atoms with Crippen LogP contribution in [-0.2, 0) is 22.6 Å². The summed E-state index contributed by atoms with van der Waals surface area (Å²) in [5.74, 6) is 0.197. The van der Waals surface area contributed by atoms with Gasteiger partial charge >= 0.3 is 0 Å². The summed E-state index contributed by atoms with van der Waals surface area (Å²) in [5.41, 5.74) is 2.81. The molecule has 2 aromatic carbocycles. The number of nitrogens with one attached hydrogen (secondary N) is 1. The molecule has 2 amide bonds. The molecule has 174 valence electrons. The van der Waals surface area contributed by atoms with Crippen molar-refractivity contribution >= 4 is 35.0 Å². The summed E-state index contributed by atoms with van der Waals surface area (Å²) in [5, 5.41) is 3.85. The second-order valence-corrected chi connectivity index (χ2v) is 10.4. The van der Waals surface area contributed by atoms with E-state index in [9.17, 15) is 9.59 Å². The first-order valence-corrected chi connectivity index (χ1v) is 11.8. The first-order chi connectivity index (χ1) is 14.9. The Morgan fingerprint density at radius 3 is 2.06 bits per heavy atom. The molecule has 0 aliphatic carbocycles. The average Bonchev–Trinajstić information content (AvgIpc) is 2.71. The normalized spacial score (nSPS) is 12.5. The summed E-state index contributed by atoms with van der Waals surface area (Å²) in [6.07, 6.45) is 0.929. The summed E-state index contributed by atoms with van der Waals surface area (Å²) in [7, 11) is 0. The number of hydrogen-bond acceptors (Lipinski definition) is 2. The third kappa shape index (κ3) is 7.83. The van der Waals surface area contributed by atoms with Crippen molar-refractivity contribution in [1.29, 1.82) is 0 Å². The highest BCUT2D eigenvalue weighted by molar-refractivity contribution is 6.42. The van der Waals surface area contributed by atoms with E-state index in [1.165, 1.54) is 5.56 Å². The van der Waals surface area contributed by atoms with E-state index in [2.05, 4.69) is 43.4 Å². The largest absolute Gasteiger partial charge is 0.350 e. The van der Waals surface area contributed by atoms with Gasteiger partial charge in [0.2, 0.25) is 11.8 Å². The van der Waals surface area contributed by atoms with Gasteiger partial charge in [0.25, 0.3) is 0 Å². The van der Waals surface area contributed by atoms with Crippen LogP contribution in [0.2, 0.25) is 10.0 Å². The zero-order valence-corrected chi connectivity index (χ0v) is 21.3. The molecule has 0 radical (unpaired) electrons. The Morgan fingerprint density at radius 2 is 1.53 bits per heavy atom. The molecule has 0 heterocycles. The molecule has 2 aromatic rings. The highest BCUT2D eigenvalue weighted by Gasteiger charge is 2.28. The van der Waals surface area contributed by atoms with E-state index >= 15 is 0 Å². The van der Waals surface area contributed by atoms with Gasteiger partial charge in [0.05, 0.1) is 10.0 Å². The fourth-order valence-corrected chi connectivity index (χ4v) is 3.68. The minimum absolute atomic E-state index is 0.0828. The minimum Gasteiger partial charge on any atom is -0.350 e. The van der Waals surface area contributed by atoms with Gasteiger partial charge in [-0.25, -0.2) is 0 Å². The topological polar surface area (TPSA) is 49.4 Å². The number of hydrogen-bond donors (Lipinski definition) is 1. The van der Waals surface area contributed by atoms with Crippen molar-refractivity contribution in [2.45, 2.75) is 78.4 Å². The molecule has 0 unspecified atom stereocenters. The average molecular weight is 477 g/mol. The highest BCUT2D eigenvalue weighted by atomic mass is 35.5. The lowest BCUT2D eigenvalue weighted by atomic mass is 10.00. The second-order valence-electron chi connectivity index (χ2n) is 9.58. The van der Waals surface area contributed by atoms with Crippen LogP contribution in [0.25, 0.3) is 0 Å². The fraction of sp³-hybridized carbons (Fsp3) is 0.462. The lowest BCUT2D eigenvalue weighted by Crippen LogP contribution is -2.52. The van der Waals surface area contributed by atoms with Crippen molar-refractivity contribution in [1.82, 2.24) is 10.2 Å². The van der Waals surface area contributed by atoms with Crippen LogP contribution in [0.15, 0.2) is 42.5 Å². The number of amides is 2. The third-order valence-electron chi connectivity index (χ3n) is 5.28. The molecule has 32 heavy (non-hydrogen) atoms. The van der Waals surface area contributed by atoms with Crippen molar-refractivity contribution < 1.29 is 9.59 Å². The Kier molecular flexibility index (Phi) is 9.18. The van der Waals surface area contributed by atoms with Crippen LogP contribution in [0.3, 0.4) is 0 Å². The first-order valence-electron chi connectivity index (χ1n) is 11.0. The van der Waals surface area contributed by atoms with Gasteiger partial charge in [0.15, 0.2) is 0 Å². The molecule has 2 rings (SSSR count). The van der Waals surface area contributed by atoms with E-state index in [0.29, 0.717) is 28.8 Å². The molecular formula is C26H34Cl2N2O2. The van der Waals surface area contributed by atoms with Crippen LogP contribution in [0.4, 0.5) is 0 Å². The number of benzene rings is 2. The number of halogens is 2. The number of aryl methyl sites for hydroxylation is 1. The lowest BCUT2D eigenvalue weighted by Gasteiger charge is -2.31. The fourth-order valence-electron chi connectivity index (χ4n) is 3.36. The van der Waals surface area contributed by atoms with Gasteiger partial charge in [-0.2, -0.15) is 0 Å². The van der Waals surface area contributed by atoms with Gasteiger partial charge < -0.3 is 10.2 Å². The van der Waals surface area contributed by atoms with Crippen molar-refractivity contribution in [2.75, 3.05) is 0 Å². The smallest absolute Gasteiger partial charge is 0.242 e. The summed E-state index contributed by atoms with van der Waals surface area (Å²) in [4.78, 5) is 27.7. The molecule has 0 fully saturated rings. The van der Waals surface area contributed by atoms with Crippen LogP contribution in [-0.4, -0.2) is 28.3 Å². The van der Waals surface area contributed by atoms with Gasteiger partial charge in [-0.05, 0) is 68.9 Å². The Balaban J connectivity index is 2.18. The molecule has 0 aromatic heterocycles. The van der Waals surface area contributed by atoms with E-state index < -0.39 is 6.04 Å². The van der Waals surface area contributed by atoms with Crippen LogP contribution < -0.4 is 5.32 Å². The molecule has 6 heteroatoms. The van der Waals surface area contributed by atoms with Gasteiger partial charge in [0.1, 0.15) is 6.04 Å². The van der Waals surface area contributed by atoms with Crippen molar-refractivity contribution in [3.8, 4) is 0 Å². The molecule has 1 N–H and O–H groups in total. The van der Waals surface area contributed by atoms with Crippen molar-refractivity contribution in [2.24, 2.45) is 0 Å². The Bertz CT molecular complexity index is 934. The molecular weight excluding hydrogens is 443 g/mol. The Morgan fingerprint density at radius 1 is 0.938 bits per heavy atom. The number of carbonyl (C=O) groups is 2. The quantitative estimate of drug-likeness (QED) is 0.480. The van der Waals surface area contributed by atoms with Gasteiger partial charge in [-0.1, -0.05) is 67.4 Å². The van der Waals surface area contributed by atoms with E-state index in [-0.39, 0.29) is 23.9 Å². The summed E-state index contributed by atoms with van der Waals surface area (Å²) in [6.45, 7) is 12.1. The summed E-state index contributed by atoms with van der Waals surface area (Å²) in [6, 6.07) is 13.0. The Hall–Kier alpha value is -2.04. The number of rotatable bonds is 8. The standard InChI is InChI=1S/C26H34Cl2N2O2/c1-17(2)21-11-7-19(8-12-21)10-14-24(31)30(18(3)25(32)29-26(4,5)6)16-20-9-13-22(27)23(28)15-20/h7-9,11-13,15,17-18H,10,14,16H2,1-6H3,(H,29,32)/t18-/m0/s1. The van der Waals surface area contributed by atoms with Crippen LogP contribution in [0.1, 0.15) is 70.6 Å². The predicted molar refractivity (Wildman–Crippen MR) is 133 cm³/mol. The zero-order valence-electron chi connectivity index (χ0n) is 19.8. The molecule has 0 bridgehead atoms. The zero-order chi connectivity index (χ0) is 24.1. The van der Waals surface area contributed by atoms with Gasteiger partial charge in [-0.15, -0.1) is 0 Å². The third-order valence-corrected chi connectivity index (χ3v) is 6.02. The van der Waals surface area contributed by atoms with Crippen LogP contribution >= 0.6 is 23.2 Å². The second kappa shape index (κ2) is 11.2. The molecule has 0 saturated carbocycles.